The molecule has 0 saturated carbocycles. The van der Waals surface area contributed by atoms with E-state index in [-0.39, 0.29) is 11.1 Å². The van der Waals surface area contributed by atoms with Crippen LogP contribution in [0.4, 0.5) is 17.6 Å². The molecule has 1 unspecified atom stereocenters. The van der Waals surface area contributed by atoms with Crippen molar-refractivity contribution in [3.05, 3.63) is 83.6 Å². The molecule has 0 spiro atoms. The van der Waals surface area contributed by atoms with Crippen LogP contribution in [0.5, 0.6) is 0 Å². The molecule has 2 aromatic heterocycles. The molecule has 0 aliphatic rings. The van der Waals surface area contributed by atoms with Gasteiger partial charge in [-0.25, -0.2) is 9.07 Å². The molecule has 1 atom stereocenters. The Morgan fingerprint density at radius 3 is 2.39 bits per heavy atom. The first kappa shape index (κ1) is 22.0. The Morgan fingerprint density at radius 1 is 1.09 bits per heavy atom. The molecule has 0 amide bonds. The summed E-state index contributed by atoms with van der Waals surface area (Å²) < 4.78 is 58.0. The number of aliphatic carboxylic acids is 1. The summed E-state index contributed by atoms with van der Waals surface area (Å²) in [5, 5.41) is 33.5. The first-order chi connectivity index (χ1) is 15.5. The molecule has 7 nitrogen and oxygen atoms in total. The maximum atomic E-state index is 14.2. The molecule has 2 N–H and O–H groups in total. The highest BCUT2D eigenvalue weighted by Gasteiger charge is 2.57. The summed E-state index contributed by atoms with van der Waals surface area (Å²) in [5.74, 6) is -1.82. The smallest absolute Gasteiger partial charge is 0.425 e. The number of alkyl halides is 3. The normalized spacial score (nSPS) is 13.6. The molecule has 2 heterocycles. The lowest BCUT2D eigenvalue weighted by Gasteiger charge is -2.30. The van der Waals surface area contributed by atoms with E-state index in [2.05, 4.69) is 5.10 Å². The number of hydrogen-bond donors (Lipinski definition) is 2. The lowest BCUT2D eigenvalue weighted by atomic mass is 9.86. The van der Waals surface area contributed by atoms with Crippen LogP contribution < -0.4 is 0 Å². The summed E-state index contributed by atoms with van der Waals surface area (Å²) in [6.45, 7) is -0.750. The van der Waals surface area contributed by atoms with Gasteiger partial charge in [-0.05, 0) is 48.0 Å². The number of carboxylic acids is 1. The molecule has 0 aliphatic heterocycles. The van der Waals surface area contributed by atoms with E-state index < -0.39 is 41.2 Å². The van der Waals surface area contributed by atoms with E-state index in [4.69, 9.17) is 5.11 Å². The molecule has 168 valence electrons. The van der Waals surface area contributed by atoms with Crippen LogP contribution in [0.1, 0.15) is 16.8 Å². The number of carboxylic acid groups (broad SMARTS) is 1. The van der Waals surface area contributed by atoms with Crippen molar-refractivity contribution in [2.45, 2.75) is 18.3 Å². The van der Waals surface area contributed by atoms with Crippen molar-refractivity contribution in [2.24, 2.45) is 0 Å². The van der Waals surface area contributed by atoms with Gasteiger partial charge in [-0.1, -0.05) is 6.07 Å². The molecule has 0 fully saturated rings. The zero-order valence-electron chi connectivity index (χ0n) is 16.6. The second kappa shape index (κ2) is 7.75. The highest BCUT2D eigenvalue weighted by molar-refractivity contribution is 5.81. The number of aliphatic hydroxyl groups is 1. The van der Waals surface area contributed by atoms with Crippen LogP contribution in [0.25, 0.3) is 16.6 Å². The van der Waals surface area contributed by atoms with Gasteiger partial charge in [0.25, 0.3) is 0 Å². The summed E-state index contributed by atoms with van der Waals surface area (Å²) in [7, 11) is 0. The lowest BCUT2D eigenvalue weighted by Crippen LogP contribution is -2.43. The Morgan fingerprint density at radius 2 is 1.79 bits per heavy atom. The zero-order valence-corrected chi connectivity index (χ0v) is 16.6. The number of fused-ring (bicyclic) bond motifs is 1. The third-order valence-electron chi connectivity index (χ3n) is 5.20. The first-order valence-corrected chi connectivity index (χ1v) is 9.40. The Hall–Kier alpha value is -4.17. The second-order valence-electron chi connectivity index (χ2n) is 7.26. The maximum Gasteiger partial charge on any atom is 0.425 e. The van der Waals surface area contributed by atoms with Gasteiger partial charge in [0.15, 0.2) is 0 Å². The number of nitriles is 1. The number of aromatic nitrogens is 3. The minimum atomic E-state index is -5.20. The quantitative estimate of drug-likeness (QED) is 0.444. The third-order valence-corrected chi connectivity index (χ3v) is 5.20. The summed E-state index contributed by atoms with van der Waals surface area (Å²) in [5.41, 5.74) is -4.21. The van der Waals surface area contributed by atoms with E-state index in [9.17, 15) is 32.7 Å². The molecular formula is C22H14F4N4O3. The zero-order chi connectivity index (χ0) is 24.0. The van der Waals surface area contributed by atoms with Gasteiger partial charge in [-0.2, -0.15) is 23.5 Å². The van der Waals surface area contributed by atoms with Crippen molar-refractivity contribution in [1.29, 1.82) is 5.26 Å². The number of halogens is 4. The fraction of sp³-hybridized carbons (Fsp3) is 0.136. The van der Waals surface area contributed by atoms with Crippen LogP contribution in [0.15, 0.2) is 60.9 Å². The summed E-state index contributed by atoms with van der Waals surface area (Å²) in [6.07, 6.45) is -3.10. The highest BCUT2D eigenvalue weighted by atomic mass is 19.4. The number of carbonyl (C=O) groups is 1. The van der Waals surface area contributed by atoms with Crippen LogP contribution in [0, 0.1) is 17.1 Å². The van der Waals surface area contributed by atoms with Gasteiger partial charge >= 0.3 is 12.1 Å². The van der Waals surface area contributed by atoms with Crippen molar-refractivity contribution < 1.29 is 32.6 Å². The minimum absolute atomic E-state index is 0.268. The highest BCUT2D eigenvalue weighted by Crippen LogP contribution is 2.45. The van der Waals surface area contributed by atoms with Gasteiger partial charge in [-0.3, -0.25) is 4.79 Å². The fourth-order valence-electron chi connectivity index (χ4n) is 3.62. The van der Waals surface area contributed by atoms with Gasteiger partial charge in [0, 0.05) is 17.1 Å². The van der Waals surface area contributed by atoms with Crippen molar-refractivity contribution in [3.63, 3.8) is 0 Å². The monoisotopic (exact) mass is 458 g/mol. The molecule has 33 heavy (non-hydrogen) atoms. The average molecular weight is 458 g/mol. The van der Waals surface area contributed by atoms with Crippen LogP contribution in [0.2, 0.25) is 0 Å². The van der Waals surface area contributed by atoms with E-state index in [1.54, 1.807) is 6.07 Å². The SMILES string of the molecule is N#Cc1cc(C(O)(c2ccc3c(cnn3-c3ccc(F)cc3)c2)C(F)(F)F)cn1CC(=O)O. The predicted octanol–water partition coefficient (Wildman–Crippen LogP) is 3.72. The molecule has 4 aromatic rings. The van der Waals surface area contributed by atoms with Gasteiger partial charge in [0.05, 0.1) is 17.4 Å². The van der Waals surface area contributed by atoms with Gasteiger partial charge < -0.3 is 14.8 Å². The Labute approximate surface area is 183 Å². The fourth-order valence-corrected chi connectivity index (χ4v) is 3.62. The van der Waals surface area contributed by atoms with E-state index in [0.717, 1.165) is 29.0 Å². The van der Waals surface area contributed by atoms with Crippen LogP contribution in [-0.2, 0) is 16.9 Å². The van der Waals surface area contributed by atoms with Crippen LogP contribution >= 0.6 is 0 Å². The second-order valence-corrected chi connectivity index (χ2v) is 7.26. The molecule has 0 radical (unpaired) electrons. The number of rotatable bonds is 5. The molecule has 0 aliphatic carbocycles. The topological polar surface area (TPSA) is 104 Å². The summed E-state index contributed by atoms with van der Waals surface area (Å²) >= 11 is 0. The molecule has 2 aromatic carbocycles. The molecule has 0 bridgehead atoms. The van der Waals surface area contributed by atoms with Gasteiger partial charge in [0.1, 0.15) is 24.1 Å². The molecular weight excluding hydrogens is 444 g/mol. The first-order valence-electron chi connectivity index (χ1n) is 9.40. The Kier molecular flexibility index (Phi) is 5.18. The minimum Gasteiger partial charge on any atom is -0.480 e. The average Bonchev–Trinajstić information content (AvgIpc) is 3.36. The van der Waals surface area contributed by atoms with Gasteiger partial charge in [-0.15, -0.1) is 0 Å². The maximum absolute atomic E-state index is 14.2. The largest absolute Gasteiger partial charge is 0.480 e. The summed E-state index contributed by atoms with van der Waals surface area (Å²) in [6, 6.07) is 11.3. The standard InChI is InChI=1S/C22H14F4N4O3/c23-16-2-4-17(5-3-16)30-19-6-1-14(7-13(19)10-28-30)21(33,22(24,25)26)15-8-18(9-27)29(11-15)12-20(31)32/h1-8,10-11,33H,12H2,(H,31,32). The third kappa shape index (κ3) is 3.70. The van der Waals surface area contributed by atoms with E-state index >= 15 is 0 Å². The Bertz CT molecular complexity index is 1400. The van der Waals surface area contributed by atoms with Crippen LogP contribution in [-0.4, -0.2) is 36.7 Å². The predicted molar refractivity (Wildman–Crippen MR) is 107 cm³/mol. The van der Waals surface area contributed by atoms with Crippen molar-refractivity contribution in [2.75, 3.05) is 0 Å². The molecule has 11 heteroatoms. The summed E-state index contributed by atoms with van der Waals surface area (Å²) in [4.78, 5) is 11.0. The van der Waals surface area contributed by atoms with E-state index in [1.165, 1.54) is 41.2 Å². The van der Waals surface area contributed by atoms with Crippen LogP contribution in [0.3, 0.4) is 0 Å². The van der Waals surface area contributed by atoms with Gasteiger partial charge in [0.2, 0.25) is 5.60 Å². The number of hydrogen-bond acceptors (Lipinski definition) is 4. The lowest BCUT2D eigenvalue weighted by molar-refractivity contribution is -0.248. The molecule has 4 rings (SSSR count). The van der Waals surface area contributed by atoms with E-state index in [0.29, 0.717) is 11.2 Å². The van der Waals surface area contributed by atoms with E-state index in [1.807, 2.05) is 0 Å². The van der Waals surface area contributed by atoms with Crippen molar-refractivity contribution >= 4 is 16.9 Å². The van der Waals surface area contributed by atoms with Crippen molar-refractivity contribution in [3.8, 4) is 11.8 Å². The molecule has 0 saturated heterocycles. The Balaban J connectivity index is 1.85. The number of nitrogens with zero attached hydrogens (tertiary/aromatic N) is 4. The number of benzene rings is 2. The van der Waals surface area contributed by atoms with Crippen molar-refractivity contribution in [1.82, 2.24) is 14.3 Å².